The molecule has 1 aliphatic heterocycles. The summed E-state index contributed by atoms with van der Waals surface area (Å²) in [5.41, 5.74) is 7.33. The Bertz CT molecular complexity index is 1050. The van der Waals surface area contributed by atoms with Crippen LogP contribution in [-0.4, -0.2) is 38.0 Å². The third-order valence-corrected chi connectivity index (χ3v) is 7.23. The van der Waals surface area contributed by atoms with E-state index in [1.54, 1.807) is 42.9 Å². The molecule has 0 amide bonds. The molecule has 1 saturated heterocycles. The Morgan fingerprint density at radius 3 is 2.74 bits per heavy atom. The van der Waals surface area contributed by atoms with Crippen LogP contribution in [0, 0.1) is 0 Å². The second kappa shape index (κ2) is 9.71. The normalized spacial score (nSPS) is 21.9. The zero-order chi connectivity index (χ0) is 21.8. The predicted octanol–water partition coefficient (Wildman–Crippen LogP) is 4.32. The minimum atomic E-state index is -1.22. The Balaban J connectivity index is 1.46. The lowest BCUT2D eigenvalue weighted by Crippen LogP contribution is -2.37. The molecule has 31 heavy (non-hydrogen) atoms. The van der Waals surface area contributed by atoms with E-state index in [-0.39, 0.29) is 6.10 Å². The van der Waals surface area contributed by atoms with Gasteiger partial charge in [0, 0.05) is 39.4 Å². The zero-order valence-corrected chi connectivity index (χ0v) is 19.1. The largest absolute Gasteiger partial charge is 0.399 e. The van der Waals surface area contributed by atoms with Gasteiger partial charge in [-0.1, -0.05) is 29.3 Å². The first kappa shape index (κ1) is 22.3. The predicted molar refractivity (Wildman–Crippen MR) is 123 cm³/mol. The molecule has 1 fully saturated rings. The van der Waals surface area contributed by atoms with E-state index in [2.05, 4.69) is 4.98 Å². The van der Waals surface area contributed by atoms with Crippen molar-refractivity contribution < 1.29 is 13.7 Å². The summed E-state index contributed by atoms with van der Waals surface area (Å²) in [4.78, 5) is 4.83. The molecule has 4 rings (SSSR count). The number of rotatable bonds is 8. The lowest BCUT2D eigenvalue weighted by Gasteiger charge is -2.29. The number of nitrogens with two attached hydrogens (primary N) is 1. The molecular formula is C22H23Cl2N3O3S. The van der Waals surface area contributed by atoms with E-state index in [9.17, 15) is 4.21 Å². The monoisotopic (exact) mass is 479 g/mol. The molecule has 6 nitrogen and oxygen atoms in total. The molecule has 0 spiro atoms. The van der Waals surface area contributed by atoms with Crippen LogP contribution in [0.5, 0.6) is 0 Å². The van der Waals surface area contributed by atoms with Crippen LogP contribution in [0.15, 0.2) is 66.1 Å². The second-order valence-electron chi connectivity index (χ2n) is 7.51. The van der Waals surface area contributed by atoms with Gasteiger partial charge in [-0.3, -0.25) is 4.21 Å². The van der Waals surface area contributed by atoms with Crippen molar-refractivity contribution in [3.63, 3.8) is 0 Å². The lowest BCUT2D eigenvalue weighted by molar-refractivity contribution is -0.180. The van der Waals surface area contributed by atoms with Gasteiger partial charge in [0.15, 0.2) is 5.79 Å². The van der Waals surface area contributed by atoms with Crippen LogP contribution >= 0.6 is 23.2 Å². The summed E-state index contributed by atoms with van der Waals surface area (Å²) in [6, 6.07) is 12.5. The Hall–Kier alpha value is -1.90. The number of benzene rings is 2. The van der Waals surface area contributed by atoms with Crippen LogP contribution < -0.4 is 5.73 Å². The van der Waals surface area contributed by atoms with Crippen molar-refractivity contribution in [2.75, 3.05) is 18.1 Å². The van der Waals surface area contributed by atoms with Crippen molar-refractivity contribution in [2.45, 2.75) is 36.2 Å². The van der Waals surface area contributed by atoms with Crippen molar-refractivity contribution in [1.82, 2.24) is 9.55 Å². The summed E-state index contributed by atoms with van der Waals surface area (Å²) in [6.45, 7) is 0.840. The third-order valence-electron chi connectivity index (χ3n) is 5.17. The number of hydrogen-bond acceptors (Lipinski definition) is 5. The smallest absolute Gasteiger partial charge is 0.187 e. The SMILES string of the molecule is Nc1ccc(S(=O)C[C@@H]2CO[C@](CCc3ccc(Cl)cc3Cl)(Cn3ccnc3)O2)cc1. The van der Waals surface area contributed by atoms with Crippen molar-refractivity contribution in [2.24, 2.45) is 0 Å². The van der Waals surface area contributed by atoms with Gasteiger partial charge in [-0.05, 0) is 48.4 Å². The molecular weight excluding hydrogens is 457 g/mol. The molecule has 164 valence electrons. The first-order valence-electron chi connectivity index (χ1n) is 9.88. The topological polar surface area (TPSA) is 79.4 Å². The lowest BCUT2D eigenvalue weighted by atomic mass is 10.0. The number of halogens is 2. The Morgan fingerprint density at radius 2 is 2.03 bits per heavy atom. The molecule has 9 heteroatoms. The minimum absolute atomic E-state index is 0.289. The second-order valence-corrected chi connectivity index (χ2v) is 9.85. The van der Waals surface area contributed by atoms with Crippen molar-refractivity contribution in [1.29, 1.82) is 0 Å². The number of aromatic nitrogens is 2. The maximum absolute atomic E-state index is 12.8. The number of aryl methyl sites for hydroxylation is 1. The maximum Gasteiger partial charge on any atom is 0.187 e. The van der Waals surface area contributed by atoms with E-state index in [1.165, 1.54) is 0 Å². The van der Waals surface area contributed by atoms with E-state index in [4.69, 9.17) is 38.4 Å². The highest BCUT2D eigenvalue weighted by Crippen LogP contribution is 2.33. The average molecular weight is 480 g/mol. The molecule has 2 aromatic carbocycles. The Kier molecular flexibility index (Phi) is 6.99. The van der Waals surface area contributed by atoms with Gasteiger partial charge in [-0.2, -0.15) is 0 Å². The maximum atomic E-state index is 12.8. The summed E-state index contributed by atoms with van der Waals surface area (Å²) >= 11 is 12.4. The van der Waals surface area contributed by atoms with Gasteiger partial charge in [0.1, 0.15) is 0 Å². The molecule has 0 bridgehead atoms. The van der Waals surface area contributed by atoms with E-state index < -0.39 is 16.6 Å². The first-order valence-corrected chi connectivity index (χ1v) is 12.0. The Labute approximate surface area is 193 Å². The molecule has 0 saturated carbocycles. The molecule has 2 N–H and O–H groups in total. The molecule has 3 atom stereocenters. The Morgan fingerprint density at radius 1 is 1.23 bits per heavy atom. The van der Waals surface area contributed by atoms with Crippen molar-refractivity contribution >= 4 is 39.7 Å². The molecule has 0 aliphatic carbocycles. The summed E-state index contributed by atoms with van der Waals surface area (Å²) in [5, 5.41) is 1.21. The molecule has 0 radical (unpaired) electrons. The molecule has 1 unspecified atom stereocenters. The number of anilines is 1. The summed E-state index contributed by atoms with van der Waals surface area (Å²) < 4.78 is 27.2. The van der Waals surface area contributed by atoms with Crippen LogP contribution in [0.25, 0.3) is 0 Å². The van der Waals surface area contributed by atoms with Gasteiger partial charge in [0.05, 0.1) is 42.1 Å². The van der Waals surface area contributed by atoms with E-state index in [0.29, 0.717) is 47.5 Å². The number of imidazole rings is 1. The molecule has 3 aromatic rings. The first-order chi connectivity index (χ1) is 14.9. The summed E-state index contributed by atoms with van der Waals surface area (Å²) in [6.07, 6.45) is 6.25. The fourth-order valence-corrected chi connectivity index (χ4v) is 5.22. The number of ether oxygens (including phenoxy) is 2. The van der Waals surface area contributed by atoms with E-state index in [0.717, 1.165) is 10.5 Å². The van der Waals surface area contributed by atoms with E-state index in [1.807, 2.05) is 22.9 Å². The number of hydrogen-bond donors (Lipinski definition) is 1. The molecule has 2 heterocycles. The molecule has 1 aromatic heterocycles. The third kappa shape index (κ3) is 5.67. The van der Waals surface area contributed by atoms with Gasteiger partial charge >= 0.3 is 0 Å². The van der Waals surface area contributed by atoms with Gasteiger partial charge in [0.2, 0.25) is 0 Å². The standard InChI is InChI=1S/C22H23Cl2N3O3S/c23-17-2-1-16(21(24)11-17)7-8-22(14-27-10-9-26-15-27)29-12-19(30-22)13-31(28)20-5-3-18(25)4-6-20/h1-6,9-11,15,19H,7-8,12-14,25H2/t19-,22-,31?/m0/s1. The van der Waals surface area contributed by atoms with E-state index >= 15 is 0 Å². The number of nitrogen functional groups attached to an aromatic ring is 1. The fraction of sp³-hybridized carbons (Fsp3) is 0.318. The van der Waals surface area contributed by atoms with Crippen LogP contribution in [0.2, 0.25) is 10.0 Å². The average Bonchev–Trinajstić information content (AvgIpc) is 3.38. The number of nitrogens with zero attached hydrogens (tertiary/aromatic N) is 2. The zero-order valence-electron chi connectivity index (χ0n) is 16.7. The minimum Gasteiger partial charge on any atom is -0.399 e. The fourth-order valence-electron chi connectivity index (χ4n) is 3.58. The van der Waals surface area contributed by atoms with Gasteiger partial charge in [-0.15, -0.1) is 0 Å². The highest BCUT2D eigenvalue weighted by molar-refractivity contribution is 7.85. The van der Waals surface area contributed by atoms with Gasteiger partial charge in [0.25, 0.3) is 0 Å². The van der Waals surface area contributed by atoms with Crippen LogP contribution in [0.3, 0.4) is 0 Å². The van der Waals surface area contributed by atoms with Gasteiger partial charge < -0.3 is 19.8 Å². The van der Waals surface area contributed by atoms with Crippen LogP contribution in [-0.2, 0) is 33.2 Å². The van der Waals surface area contributed by atoms with Crippen molar-refractivity contribution in [3.05, 3.63) is 76.8 Å². The quantitative estimate of drug-likeness (QED) is 0.486. The van der Waals surface area contributed by atoms with Crippen molar-refractivity contribution in [3.8, 4) is 0 Å². The van der Waals surface area contributed by atoms with Gasteiger partial charge in [-0.25, -0.2) is 4.98 Å². The highest BCUT2D eigenvalue weighted by atomic mass is 35.5. The molecule has 1 aliphatic rings. The summed E-state index contributed by atoms with van der Waals surface area (Å²) in [7, 11) is -1.22. The van der Waals surface area contributed by atoms with Crippen LogP contribution in [0.4, 0.5) is 5.69 Å². The summed E-state index contributed by atoms with van der Waals surface area (Å²) in [5.74, 6) is -0.517. The highest BCUT2D eigenvalue weighted by Gasteiger charge is 2.42. The van der Waals surface area contributed by atoms with Crippen LogP contribution in [0.1, 0.15) is 12.0 Å².